The molecule has 5 aromatic rings. The average Bonchev–Trinajstić information content (AvgIpc) is 3.27. The molecule has 0 saturated carbocycles. The van der Waals surface area contributed by atoms with Gasteiger partial charge in [0.25, 0.3) is 0 Å². The van der Waals surface area contributed by atoms with Crippen LogP contribution >= 0.6 is 0 Å². The van der Waals surface area contributed by atoms with E-state index < -0.39 is 49.1 Å². The normalized spacial score (nSPS) is 24.8. The molecular weight excluding hydrogens is 725 g/mol. The van der Waals surface area contributed by atoms with E-state index in [1.54, 1.807) is 24.3 Å². The molecule has 1 N–H and O–H groups in total. The van der Waals surface area contributed by atoms with Gasteiger partial charge in [0.1, 0.15) is 37.1 Å². The minimum Gasteiger partial charge on any atom is -0.459 e. The molecule has 2 saturated heterocycles. The van der Waals surface area contributed by atoms with Crippen molar-refractivity contribution in [2.75, 3.05) is 13.2 Å². The predicted octanol–water partition coefficient (Wildman–Crippen LogP) is 7.42. The molecule has 8 atom stereocenters. The first-order chi connectivity index (χ1) is 28.1. The summed E-state index contributed by atoms with van der Waals surface area (Å²) in [6.45, 7) is 1.15. The number of aliphatic hydroxyl groups excluding tert-OH is 1. The lowest BCUT2D eigenvalue weighted by molar-refractivity contribution is -0.326. The smallest absolute Gasteiger partial charge is 0.338 e. The lowest BCUT2D eigenvalue weighted by Gasteiger charge is -2.45. The SMILES string of the molecule is O=C(OC[C@H]1O[C@H](OC[C@H]2O[C@H](O)[C@H](OCc3ccccc3)[C@@H](OCc3ccccc3)[C@@H]2OCc2ccccc2)CC[C@@H]1OCc1ccccc1)c1ccccc1. The highest BCUT2D eigenvalue weighted by molar-refractivity contribution is 5.89. The quantitative estimate of drug-likeness (QED) is 0.0904. The van der Waals surface area contributed by atoms with Crippen molar-refractivity contribution in [1.82, 2.24) is 0 Å². The zero-order valence-corrected chi connectivity index (χ0v) is 31.8. The Morgan fingerprint density at radius 3 is 1.47 bits per heavy atom. The Labute approximate surface area is 334 Å². The molecule has 2 heterocycles. The van der Waals surface area contributed by atoms with Gasteiger partial charge in [-0.1, -0.05) is 140 Å². The van der Waals surface area contributed by atoms with E-state index in [2.05, 4.69) is 0 Å². The van der Waals surface area contributed by atoms with Gasteiger partial charge in [-0.15, -0.1) is 0 Å². The molecule has 0 bridgehead atoms. The van der Waals surface area contributed by atoms with Crippen LogP contribution in [-0.4, -0.2) is 73.5 Å². The van der Waals surface area contributed by atoms with Gasteiger partial charge in [0, 0.05) is 6.42 Å². The van der Waals surface area contributed by atoms with Crippen LogP contribution in [0.5, 0.6) is 0 Å². The molecule has 0 spiro atoms. The van der Waals surface area contributed by atoms with Gasteiger partial charge in [0.15, 0.2) is 12.6 Å². The molecule has 2 aliphatic rings. The maximum atomic E-state index is 12.9. The molecule has 10 nitrogen and oxygen atoms in total. The minimum absolute atomic E-state index is 0.0177. The van der Waals surface area contributed by atoms with E-state index in [1.807, 2.05) is 127 Å². The van der Waals surface area contributed by atoms with Crippen LogP contribution in [0.15, 0.2) is 152 Å². The summed E-state index contributed by atoms with van der Waals surface area (Å²) in [5.74, 6) is -0.447. The summed E-state index contributed by atoms with van der Waals surface area (Å²) < 4.78 is 50.8. The minimum atomic E-state index is -1.34. The van der Waals surface area contributed by atoms with Crippen LogP contribution in [0.3, 0.4) is 0 Å². The fraction of sp³-hybridized carbons (Fsp3) is 0.340. The number of esters is 1. The number of carbonyl (C=O) groups is 1. The highest BCUT2D eigenvalue weighted by Crippen LogP contribution is 2.31. The summed E-state index contributed by atoms with van der Waals surface area (Å²) in [6, 6.07) is 48.2. The van der Waals surface area contributed by atoms with Gasteiger partial charge in [0.05, 0.1) is 44.7 Å². The monoisotopic (exact) mass is 774 g/mol. The van der Waals surface area contributed by atoms with E-state index in [0.29, 0.717) is 25.0 Å². The molecule has 0 amide bonds. The Hall–Kier alpha value is -4.75. The fourth-order valence-electron chi connectivity index (χ4n) is 6.99. The Balaban J connectivity index is 1.06. The van der Waals surface area contributed by atoms with Crippen LogP contribution in [-0.2, 0) is 64.3 Å². The van der Waals surface area contributed by atoms with Gasteiger partial charge >= 0.3 is 5.97 Å². The third-order valence-electron chi connectivity index (χ3n) is 10.0. The van der Waals surface area contributed by atoms with Gasteiger partial charge in [-0.25, -0.2) is 4.79 Å². The predicted molar refractivity (Wildman–Crippen MR) is 212 cm³/mol. The van der Waals surface area contributed by atoms with E-state index in [4.69, 9.17) is 37.9 Å². The molecular formula is C47H50O10. The van der Waals surface area contributed by atoms with Crippen molar-refractivity contribution >= 4 is 5.97 Å². The standard InChI is InChI=1S/C47H50O10/c48-46(38-24-14-5-15-25-38)55-32-40-39(50-28-34-16-6-1-7-17-34)26-27-42(56-40)51-33-41-43(52-29-35-18-8-2-9-19-35)44(53-30-36-20-10-3-11-21-36)45(47(49)57-41)54-31-37-22-12-4-13-23-37/h1-25,39-45,47,49H,26-33H2/t39-,40+,41+,42-,43+,44-,45+,47-/m0/s1. The van der Waals surface area contributed by atoms with Crippen LogP contribution in [0.1, 0.15) is 45.5 Å². The Morgan fingerprint density at radius 1 is 0.491 bits per heavy atom. The van der Waals surface area contributed by atoms with Crippen molar-refractivity contribution in [2.45, 2.75) is 88.5 Å². The molecule has 0 aliphatic carbocycles. The zero-order chi connectivity index (χ0) is 39.1. The number of benzene rings is 5. The lowest BCUT2D eigenvalue weighted by atomic mass is 9.98. The van der Waals surface area contributed by atoms with E-state index in [-0.39, 0.29) is 39.1 Å². The van der Waals surface area contributed by atoms with Crippen molar-refractivity contribution in [3.8, 4) is 0 Å². The first-order valence-corrected chi connectivity index (χ1v) is 19.5. The number of ether oxygens (including phenoxy) is 8. The molecule has 7 rings (SSSR count). The second kappa shape index (κ2) is 21.1. The van der Waals surface area contributed by atoms with Crippen molar-refractivity contribution in [3.05, 3.63) is 179 Å². The van der Waals surface area contributed by atoms with Crippen molar-refractivity contribution in [1.29, 1.82) is 0 Å². The van der Waals surface area contributed by atoms with Gasteiger partial charge in [-0.05, 0) is 40.8 Å². The van der Waals surface area contributed by atoms with Crippen molar-refractivity contribution in [2.24, 2.45) is 0 Å². The highest BCUT2D eigenvalue weighted by atomic mass is 16.7. The maximum Gasteiger partial charge on any atom is 0.338 e. The van der Waals surface area contributed by atoms with Crippen molar-refractivity contribution in [3.63, 3.8) is 0 Å². The Morgan fingerprint density at radius 2 is 0.947 bits per heavy atom. The topological polar surface area (TPSA) is 111 Å². The summed E-state index contributed by atoms with van der Waals surface area (Å²) in [4.78, 5) is 12.9. The molecule has 2 aliphatic heterocycles. The molecule has 2 fully saturated rings. The van der Waals surface area contributed by atoms with Crippen LogP contribution in [0.4, 0.5) is 0 Å². The van der Waals surface area contributed by atoms with E-state index in [1.165, 1.54) is 0 Å². The fourth-order valence-corrected chi connectivity index (χ4v) is 6.99. The summed E-state index contributed by atoms with van der Waals surface area (Å²) in [5, 5.41) is 11.5. The Bertz CT molecular complexity index is 1880. The van der Waals surface area contributed by atoms with E-state index in [9.17, 15) is 9.90 Å². The molecule has 10 heteroatoms. The lowest BCUT2D eigenvalue weighted by Crippen LogP contribution is -2.61. The number of aliphatic hydroxyl groups is 1. The molecule has 298 valence electrons. The first-order valence-electron chi connectivity index (χ1n) is 19.5. The third kappa shape index (κ3) is 11.9. The van der Waals surface area contributed by atoms with E-state index in [0.717, 1.165) is 22.3 Å². The zero-order valence-electron chi connectivity index (χ0n) is 31.8. The number of carbonyl (C=O) groups excluding carboxylic acids is 1. The van der Waals surface area contributed by atoms with Gasteiger partial charge in [-0.3, -0.25) is 0 Å². The molecule has 0 unspecified atom stereocenters. The largest absolute Gasteiger partial charge is 0.459 e. The summed E-state index contributed by atoms with van der Waals surface area (Å²) >= 11 is 0. The first kappa shape index (κ1) is 40.4. The Kier molecular flexibility index (Phi) is 15.0. The van der Waals surface area contributed by atoms with Crippen LogP contribution in [0.2, 0.25) is 0 Å². The molecule has 5 aromatic carbocycles. The summed E-state index contributed by atoms with van der Waals surface area (Å²) in [6.07, 6.45) is -4.90. The third-order valence-corrected chi connectivity index (χ3v) is 10.0. The second-order valence-electron chi connectivity index (χ2n) is 14.2. The number of hydrogen-bond donors (Lipinski definition) is 1. The van der Waals surface area contributed by atoms with E-state index >= 15 is 0 Å². The van der Waals surface area contributed by atoms with Gasteiger partial charge < -0.3 is 43.0 Å². The van der Waals surface area contributed by atoms with Crippen LogP contribution in [0.25, 0.3) is 0 Å². The summed E-state index contributed by atoms with van der Waals surface area (Å²) in [5.41, 5.74) is 4.36. The summed E-state index contributed by atoms with van der Waals surface area (Å²) in [7, 11) is 0. The van der Waals surface area contributed by atoms with Gasteiger partial charge in [-0.2, -0.15) is 0 Å². The second-order valence-corrected chi connectivity index (χ2v) is 14.2. The van der Waals surface area contributed by atoms with Crippen molar-refractivity contribution < 1.29 is 47.8 Å². The van der Waals surface area contributed by atoms with Crippen LogP contribution in [0, 0.1) is 0 Å². The number of rotatable bonds is 18. The molecule has 0 aromatic heterocycles. The average molecular weight is 775 g/mol. The number of hydrogen-bond acceptors (Lipinski definition) is 10. The van der Waals surface area contributed by atoms with Gasteiger partial charge in [0.2, 0.25) is 0 Å². The molecule has 57 heavy (non-hydrogen) atoms. The highest BCUT2D eigenvalue weighted by Gasteiger charge is 2.48. The maximum absolute atomic E-state index is 12.9. The van der Waals surface area contributed by atoms with Crippen LogP contribution < -0.4 is 0 Å². The molecule has 0 radical (unpaired) electrons.